The summed E-state index contributed by atoms with van der Waals surface area (Å²) in [7, 11) is 0. The van der Waals surface area contributed by atoms with Gasteiger partial charge < -0.3 is 4.74 Å². The Morgan fingerprint density at radius 2 is 1.61 bits per heavy atom. The van der Waals surface area contributed by atoms with Crippen LogP contribution in [0.3, 0.4) is 0 Å². The van der Waals surface area contributed by atoms with Gasteiger partial charge in [0.2, 0.25) is 0 Å². The van der Waals surface area contributed by atoms with Gasteiger partial charge in [0.25, 0.3) is 5.85 Å². The van der Waals surface area contributed by atoms with E-state index in [4.69, 9.17) is 4.74 Å². The summed E-state index contributed by atoms with van der Waals surface area (Å²) in [5, 5.41) is 0. The maximum atomic E-state index is 15.1. The molecule has 6 heteroatoms. The molecule has 2 aliphatic rings. The van der Waals surface area contributed by atoms with Gasteiger partial charge in [0.15, 0.2) is 23.6 Å². The molecule has 0 amide bonds. The van der Waals surface area contributed by atoms with E-state index in [1.54, 1.807) is 6.07 Å². The van der Waals surface area contributed by atoms with E-state index in [-0.39, 0.29) is 17.7 Å². The van der Waals surface area contributed by atoms with Gasteiger partial charge in [-0.3, -0.25) is 9.59 Å². The van der Waals surface area contributed by atoms with Crippen LogP contribution in [0.2, 0.25) is 0 Å². The molecule has 0 spiro atoms. The highest BCUT2D eigenvalue weighted by atomic mass is 19.2. The summed E-state index contributed by atoms with van der Waals surface area (Å²) >= 11 is 0. The van der Waals surface area contributed by atoms with Crippen LogP contribution in [-0.2, 0) is 4.74 Å². The number of ether oxygens (including phenoxy) is 1. The largest absolute Gasteiger partial charge is 0.338 e. The van der Waals surface area contributed by atoms with Crippen LogP contribution in [0.5, 0.6) is 0 Å². The molecule has 0 saturated heterocycles. The third kappa shape index (κ3) is 3.58. The van der Waals surface area contributed by atoms with Crippen molar-refractivity contribution in [1.29, 1.82) is 0 Å². The van der Waals surface area contributed by atoms with Crippen molar-refractivity contribution in [3.05, 3.63) is 58.4 Å². The minimum Gasteiger partial charge on any atom is -0.338 e. The first kappa shape index (κ1) is 20.5. The van der Waals surface area contributed by atoms with E-state index in [1.807, 2.05) is 0 Å². The Morgan fingerprint density at radius 1 is 1.00 bits per heavy atom. The fourth-order valence-corrected chi connectivity index (χ4v) is 3.59. The van der Waals surface area contributed by atoms with E-state index in [1.165, 1.54) is 18.2 Å². The number of alkyl halides is 2. The summed E-state index contributed by atoms with van der Waals surface area (Å²) in [6, 6.07) is 5.86. The van der Waals surface area contributed by atoms with E-state index < -0.39 is 40.6 Å². The molecule has 0 radical (unpaired) electrons. The number of allylic oxidation sites excluding steroid dienone is 2. The van der Waals surface area contributed by atoms with Crippen molar-refractivity contribution in [2.45, 2.75) is 57.5 Å². The van der Waals surface area contributed by atoms with Gasteiger partial charge >= 0.3 is 0 Å². The number of benzene rings is 1. The first-order valence-electron chi connectivity index (χ1n) is 9.69. The maximum absolute atomic E-state index is 15.1. The molecule has 0 fully saturated rings. The first-order chi connectivity index (χ1) is 13.4. The van der Waals surface area contributed by atoms with Gasteiger partial charge in [-0.2, -0.15) is 0 Å². The number of ketones is 2. The van der Waals surface area contributed by atoms with Crippen molar-refractivity contribution >= 4 is 11.6 Å². The van der Waals surface area contributed by atoms with E-state index in [9.17, 15) is 14.0 Å². The Morgan fingerprint density at radius 3 is 2.29 bits per heavy atom. The second kappa shape index (κ2) is 8.43. The van der Waals surface area contributed by atoms with Crippen LogP contribution in [0.1, 0.15) is 66.2 Å². The molecule has 2 aliphatic carbocycles. The predicted molar refractivity (Wildman–Crippen MR) is 99.4 cm³/mol. The Bertz CT molecular complexity index is 843. The second-order valence-corrected chi connectivity index (χ2v) is 7.15. The van der Waals surface area contributed by atoms with E-state index >= 15 is 8.78 Å². The molecule has 2 atom stereocenters. The lowest BCUT2D eigenvalue weighted by Gasteiger charge is -2.34. The lowest BCUT2D eigenvalue weighted by atomic mass is 9.77. The third-order valence-electron chi connectivity index (χ3n) is 5.18. The zero-order chi connectivity index (χ0) is 20.3. The average Bonchev–Trinajstić information content (AvgIpc) is 2.69. The number of carbonyl (C=O) groups is 2. The quantitative estimate of drug-likeness (QED) is 0.540. The van der Waals surface area contributed by atoms with Crippen LogP contribution in [-0.4, -0.2) is 30.2 Å². The topological polar surface area (TPSA) is 43.4 Å². The normalized spacial score (nSPS) is 24.1. The first-order valence-corrected chi connectivity index (χ1v) is 9.69. The van der Waals surface area contributed by atoms with Crippen LogP contribution >= 0.6 is 0 Å². The SMILES string of the molecule is CCCCCCCCOC1(F)C(F)=CC2=C(C(=O)c3ccccc3C2=O)C1F. The Kier molecular flexibility index (Phi) is 6.18. The molecule has 3 rings (SSSR count). The summed E-state index contributed by atoms with van der Waals surface area (Å²) < 4.78 is 49.5. The number of hydrogen-bond acceptors (Lipinski definition) is 3. The van der Waals surface area contributed by atoms with Gasteiger partial charge in [0.1, 0.15) is 0 Å². The lowest BCUT2D eigenvalue weighted by molar-refractivity contribution is -0.164. The standard InChI is InChI=1S/C22H23F3O3/c1-2-3-4-5-6-9-12-28-22(25)17(23)13-16-18(21(22)24)20(27)15-11-8-7-10-14(15)19(16)26/h7-8,10-11,13,21H,2-6,9,12H2,1H3. The molecule has 1 aromatic rings. The molecule has 28 heavy (non-hydrogen) atoms. The van der Waals surface area contributed by atoms with Crippen molar-refractivity contribution in [3.8, 4) is 0 Å². The third-order valence-corrected chi connectivity index (χ3v) is 5.18. The van der Waals surface area contributed by atoms with Crippen molar-refractivity contribution in [2.24, 2.45) is 0 Å². The molecule has 0 saturated carbocycles. The summed E-state index contributed by atoms with van der Waals surface area (Å²) in [5.41, 5.74) is -1.06. The van der Waals surface area contributed by atoms with Crippen LogP contribution in [0.4, 0.5) is 13.2 Å². The number of unbranched alkanes of at least 4 members (excludes halogenated alkanes) is 5. The molecule has 2 unspecified atom stereocenters. The molecule has 0 aromatic heterocycles. The molecule has 1 aromatic carbocycles. The molecule has 0 aliphatic heterocycles. The molecular weight excluding hydrogens is 369 g/mol. The zero-order valence-corrected chi connectivity index (χ0v) is 15.8. The van der Waals surface area contributed by atoms with Gasteiger partial charge in [0.05, 0.1) is 12.2 Å². The Labute approximate surface area is 162 Å². The van der Waals surface area contributed by atoms with Crippen LogP contribution in [0.25, 0.3) is 0 Å². The number of carbonyl (C=O) groups excluding carboxylic acids is 2. The van der Waals surface area contributed by atoms with Gasteiger partial charge in [-0.25, -0.2) is 13.2 Å². The number of hydrogen-bond donors (Lipinski definition) is 0. The molecule has 0 N–H and O–H groups in total. The van der Waals surface area contributed by atoms with Crippen LogP contribution in [0, 0.1) is 0 Å². The summed E-state index contributed by atoms with van der Waals surface area (Å²) in [6.07, 6.45) is 3.30. The van der Waals surface area contributed by atoms with E-state index in [2.05, 4.69) is 6.92 Å². The van der Waals surface area contributed by atoms with Gasteiger partial charge in [-0.15, -0.1) is 0 Å². The van der Waals surface area contributed by atoms with Crippen molar-refractivity contribution in [1.82, 2.24) is 0 Å². The lowest BCUT2D eigenvalue weighted by Crippen LogP contribution is -2.46. The second-order valence-electron chi connectivity index (χ2n) is 7.15. The smallest absolute Gasteiger partial charge is 0.297 e. The Balaban J connectivity index is 1.76. The number of halogens is 3. The molecule has 150 valence electrons. The maximum Gasteiger partial charge on any atom is 0.297 e. The van der Waals surface area contributed by atoms with Crippen LogP contribution in [0.15, 0.2) is 47.3 Å². The highest BCUT2D eigenvalue weighted by molar-refractivity contribution is 6.28. The minimum absolute atomic E-state index is 0.0112. The number of fused-ring (bicyclic) bond motifs is 1. The fourth-order valence-electron chi connectivity index (χ4n) is 3.59. The highest BCUT2D eigenvalue weighted by Crippen LogP contribution is 2.44. The summed E-state index contributed by atoms with van der Waals surface area (Å²) in [4.78, 5) is 25.2. The minimum atomic E-state index is -3.38. The number of Topliss-reactive ketones (excluding diaryl/α,β-unsaturated/α-hetero) is 2. The predicted octanol–water partition coefficient (Wildman–Crippen LogP) is 5.61. The van der Waals surface area contributed by atoms with Crippen LogP contribution < -0.4 is 0 Å². The fraction of sp³-hybridized carbons (Fsp3) is 0.455. The Hall–Kier alpha value is -2.21. The summed E-state index contributed by atoms with van der Waals surface area (Å²) in [5.74, 6) is -6.41. The molecule has 3 nitrogen and oxygen atoms in total. The van der Waals surface area contributed by atoms with Gasteiger partial charge in [0, 0.05) is 16.7 Å². The van der Waals surface area contributed by atoms with Crippen molar-refractivity contribution < 1.29 is 27.5 Å². The van der Waals surface area contributed by atoms with Gasteiger partial charge in [-0.05, 0) is 12.5 Å². The van der Waals surface area contributed by atoms with Crippen molar-refractivity contribution in [2.75, 3.05) is 6.61 Å². The average molecular weight is 392 g/mol. The molecular formula is C22H23F3O3. The van der Waals surface area contributed by atoms with Gasteiger partial charge in [-0.1, -0.05) is 63.3 Å². The van der Waals surface area contributed by atoms with E-state index in [0.717, 1.165) is 32.1 Å². The highest BCUT2D eigenvalue weighted by Gasteiger charge is 2.54. The van der Waals surface area contributed by atoms with E-state index in [0.29, 0.717) is 12.5 Å². The van der Waals surface area contributed by atoms with Crippen molar-refractivity contribution in [3.63, 3.8) is 0 Å². The molecule has 0 heterocycles. The zero-order valence-electron chi connectivity index (χ0n) is 15.8. The monoisotopic (exact) mass is 392 g/mol. The summed E-state index contributed by atoms with van der Waals surface area (Å²) in [6.45, 7) is 1.92. The number of rotatable bonds is 8. The molecule has 0 bridgehead atoms.